The lowest BCUT2D eigenvalue weighted by molar-refractivity contribution is -0.933. The van der Waals surface area contributed by atoms with Crippen LogP contribution in [0, 0.1) is 0 Å². The van der Waals surface area contributed by atoms with Crippen LogP contribution in [0.15, 0.2) is 18.2 Å². The van der Waals surface area contributed by atoms with E-state index in [1.165, 1.54) is 0 Å². The first-order chi connectivity index (χ1) is 10.2. The molecule has 4 rings (SSSR count). The van der Waals surface area contributed by atoms with E-state index in [2.05, 4.69) is 4.90 Å². The molecule has 0 aliphatic carbocycles. The van der Waals surface area contributed by atoms with Gasteiger partial charge in [0.05, 0.1) is 39.4 Å². The molecule has 0 N–H and O–H groups in total. The Balaban J connectivity index is 1.79. The van der Waals surface area contributed by atoms with Crippen LogP contribution in [-0.2, 0) is 0 Å². The van der Waals surface area contributed by atoms with Crippen LogP contribution in [0.1, 0.15) is 10.4 Å². The Morgan fingerprint density at radius 1 is 1.14 bits per heavy atom. The molecular weight excluding hydrogens is 268 g/mol. The molecular formula is C16H23N2O3+. The Morgan fingerprint density at radius 3 is 2.38 bits per heavy atom. The Morgan fingerprint density at radius 2 is 1.81 bits per heavy atom. The molecule has 0 atom stereocenters. The van der Waals surface area contributed by atoms with Crippen molar-refractivity contribution in [2.75, 3.05) is 60.0 Å². The van der Waals surface area contributed by atoms with Crippen LogP contribution < -0.4 is 9.47 Å². The molecule has 1 aromatic carbocycles. The lowest BCUT2D eigenvalue weighted by atomic mass is 10.0. The van der Waals surface area contributed by atoms with Crippen LogP contribution >= 0.6 is 0 Å². The molecule has 0 radical (unpaired) electrons. The highest BCUT2D eigenvalue weighted by atomic mass is 16.5. The Bertz CT molecular complexity index is 523. The van der Waals surface area contributed by atoms with E-state index in [1.807, 2.05) is 12.1 Å². The Kier molecular flexibility index (Phi) is 3.87. The van der Waals surface area contributed by atoms with Gasteiger partial charge in [0.15, 0.2) is 0 Å². The van der Waals surface area contributed by atoms with Crippen molar-refractivity contribution in [2.24, 2.45) is 0 Å². The summed E-state index contributed by atoms with van der Waals surface area (Å²) in [7, 11) is 3.21. The summed E-state index contributed by atoms with van der Waals surface area (Å²) in [6.07, 6.45) is 0. The molecule has 0 unspecified atom stereocenters. The topological polar surface area (TPSA) is 38.8 Å². The first-order valence-corrected chi connectivity index (χ1v) is 7.48. The molecule has 3 saturated heterocycles. The van der Waals surface area contributed by atoms with Gasteiger partial charge < -0.3 is 14.0 Å². The minimum absolute atomic E-state index is 0.171. The summed E-state index contributed by atoms with van der Waals surface area (Å²) in [4.78, 5) is 15.2. The van der Waals surface area contributed by atoms with Crippen molar-refractivity contribution in [3.8, 4) is 11.5 Å². The fourth-order valence-electron chi connectivity index (χ4n) is 3.39. The molecule has 114 valence electrons. The highest BCUT2D eigenvalue weighted by molar-refractivity contribution is 5.99. The van der Waals surface area contributed by atoms with E-state index < -0.39 is 0 Å². The highest BCUT2D eigenvalue weighted by Gasteiger charge is 2.40. The van der Waals surface area contributed by atoms with E-state index >= 15 is 0 Å². The van der Waals surface area contributed by atoms with Crippen LogP contribution in [0.2, 0.25) is 0 Å². The number of carbonyl (C=O) groups excluding carboxylic acids is 1. The van der Waals surface area contributed by atoms with Gasteiger partial charge in [-0.25, -0.2) is 0 Å². The van der Waals surface area contributed by atoms with Crippen molar-refractivity contribution in [1.29, 1.82) is 0 Å². The number of carbonyl (C=O) groups is 1. The molecule has 0 saturated carbocycles. The number of benzene rings is 1. The third-order valence-electron chi connectivity index (χ3n) is 4.86. The molecule has 3 aliphatic rings. The zero-order valence-corrected chi connectivity index (χ0v) is 12.8. The molecule has 21 heavy (non-hydrogen) atoms. The van der Waals surface area contributed by atoms with Crippen molar-refractivity contribution in [2.45, 2.75) is 0 Å². The molecule has 2 bridgehead atoms. The van der Waals surface area contributed by atoms with Gasteiger partial charge in [-0.05, 0) is 12.1 Å². The van der Waals surface area contributed by atoms with Crippen molar-refractivity contribution >= 4 is 5.78 Å². The van der Waals surface area contributed by atoms with Gasteiger partial charge in [0.25, 0.3) is 0 Å². The predicted molar refractivity (Wildman–Crippen MR) is 80.0 cm³/mol. The lowest BCUT2D eigenvalue weighted by Gasteiger charge is -2.50. The molecule has 0 amide bonds. The summed E-state index contributed by atoms with van der Waals surface area (Å²) in [6, 6.07) is 5.42. The van der Waals surface area contributed by atoms with Gasteiger partial charge in [-0.2, -0.15) is 0 Å². The molecule has 3 fully saturated rings. The number of hydrogen-bond acceptors (Lipinski definition) is 4. The lowest BCUT2D eigenvalue weighted by Crippen LogP contribution is -2.68. The third kappa shape index (κ3) is 2.76. The first-order valence-electron chi connectivity index (χ1n) is 7.48. The van der Waals surface area contributed by atoms with Crippen LogP contribution in [0.5, 0.6) is 11.5 Å². The Labute approximate surface area is 125 Å². The minimum Gasteiger partial charge on any atom is -0.497 e. The maximum Gasteiger partial charge on any atom is 0.220 e. The van der Waals surface area contributed by atoms with E-state index in [1.54, 1.807) is 20.3 Å². The second-order valence-corrected chi connectivity index (χ2v) is 6.00. The van der Waals surface area contributed by atoms with Crippen molar-refractivity contribution in [3.05, 3.63) is 23.8 Å². The number of fused-ring (bicyclic) bond motifs is 3. The Hall–Kier alpha value is -1.59. The smallest absolute Gasteiger partial charge is 0.220 e. The number of nitrogens with zero attached hydrogens (tertiary/aromatic N) is 2. The quantitative estimate of drug-likeness (QED) is 0.600. The van der Waals surface area contributed by atoms with Crippen molar-refractivity contribution in [3.63, 3.8) is 0 Å². The van der Waals surface area contributed by atoms with Crippen LogP contribution in [-0.4, -0.2) is 75.2 Å². The van der Waals surface area contributed by atoms with Crippen LogP contribution in [0.3, 0.4) is 0 Å². The summed E-state index contributed by atoms with van der Waals surface area (Å²) in [6.45, 7) is 7.20. The van der Waals surface area contributed by atoms with Crippen LogP contribution in [0.4, 0.5) is 0 Å². The van der Waals surface area contributed by atoms with Gasteiger partial charge in [0.1, 0.15) is 18.0 Å². The second kappa shape index (κ2) is 5.66. The van der Waals surface area contributed by atoms with E-state index in [4.69, 9.17) is 9.47 Å². The number of rotatable bonds is 5. The molecule has 3 aliphatic heterocycles. The molecule has 1 aromatic rings. The average molecular weight is 291 g/mol. The van der Waals surface area contributed by atoms with Gasteiger partial charge in [-0.15, -0.1) is 0 Å². The van der Waals surface area contributed by atoms with Gasteiger partial charge >= 0.3 is 0 Å². The van der Waals surface area contributed by atoms with Gasteiger partial charge in [0.2, 0.25) is 5.78 Å². The molecule has 5 heteroatoms. The maximum absolute atomic E-state index is 12.7. The fraction of sp³-hybridized carbons (Fsp3) is 0.562. The number of methoxy groups -OCH3 is 2. The molecule has 3 heterocycles. The predicted octanol–water partition coefficient (Wildman–Crippen LogP) is 1.03. The summed E-state index contributed by atoms with van der Waals surface area (Å²) >= 11 is 0. The maximum atomic E-state index is 12.7. The van der Waals surface area contributed by atoms with Crippen molar-refractivity contribution in [1.82, 2.24) is 4.90 Å². The fourth-order valence-corrected chi connectivity index (χ4v) is 3.39. The van der Waals surface area contributed by atoms with Gasteiger partial charge in [-0.3, -0.25) is 9.69 Å². The SMILES string of the molecule is COc1ccc(C(=O)C[N+]23CCN(CC2)CC3)c(OC)c1. The molecule has 5 nitrogen and oxygen atoms in total. The standard InChI is InChI=1S/C16H23N2O3/c1-20-13-3-4-14(16(11-13)21-2)15(19)12-18-8-5-17(6-9-18)7-10-18/h3-4,11H,5-10,12H2,1-2H3/q+1. The normalized spacial score (nSPS) is 27.4. The largest absolute Gasteiger partial charge is 0.497 e. The molecule has 0 aromatic heterocycles. The van der Waals surface area contributed by atoms with Crippen molar-refractivity contribution < 1.29 is 18.8 Å². The number of hydrogen-bond donors (Lipinski definition) is 0. The van der Waals surface area contributed by atoms with E-state index in [0.717, 1.165) is 43.8 Å². The highest BCUT2D eigenvalue weighted by Crippen LogP contribution is 2.27. The summed E-state index contributed by atoms with van der Waals surface area (Å²) in [5.74, 6) is 1.49. The number of piperazine rings is 3. The first kappa shape index (κ1) is 14.4. The minimum atomic E-state index is 0.171. The third-order valence-corrected chi connectivity index (χ3v) is 4.86. The number of ketones is 1. The second-order valence-electron chi connectivity index (χ2n) is 6.00. The summed E-state index contributed by atoms with van der Waals surface area (Å²) in [5, 5.41) is 0. The summed E-state index contributed by atoms with van der Waals surface area (Å²) in [5.41, 5.74) is 0.666. The zero-order chi connectivity index (χ0) is 14.9. The number of quaternary nitrogens is 1. The number of ether oxygens (including phenoxy) is 2. The van der Waals surface area contributed by atoms with E-state index in [9.17, 15) is 4.79 Å². The average Bonchev–Trinajstić information content (AvgIpc) is 2.55. The molecule has 0 spiro atoms. The summed E-state index contributed by atoms with van der Waals surface area (Å²) < 4.78 is 11.5. The van der Waals surface area contributed by atoms with E-state index in [0.29, 0.717) is 23.6 Å². The monoisotopic (exact) mass is 291 g/mol. The van der Waals surface area contributed by atoms with Gasteiger partial charge in [-0.1, -0.05) is 0 Å². The van der Waals surface area contributed by atoms with Gasteiger partial charge in [0, 0.05) is 25.7 Å². The number of Topliss-reactive ketones (excluding diaryl/α,β-unsaturated/α-hetero) is 1. The van der Waals surface area contributed by atoms with E-state index in [-0.39, 0.29) is 5.78 Å². The van der Waals surface area contributed by atoms with Crippen LogP contribution in [0.25, 0.3) is 0 Å². The zero-order valence-electron chi connectivity index (χ0n) is 12.8.